The molecule has 0 saturated carbocycles. The summed E-state index contributed by atoms with van der Waals surface area (Å²) in [5.74, 6) is -2.43. The number of carboxylic acids is 1. The molecule has 11 heteroatoms. The first kappa shape index (κ1) is 17.8. The van der Waals surface area contributed by atoms with Crippen molar-refractivity contribution in [1.29, 1.82) is 0 Å². The Morgan fingerprint density at radius 3 is 2.68 bits per heavy atom. The molecule has 2 saturated heterocycles. The van der Waals surface area contributed by atoms with Crippen molar-refractivity contribution >= 4 is 29.5 Å². The van der Waals surface area contributed by atoms with Crippen LogP contribution in [0.5, 0.6) is 0 Å². The average Bonchev–Trinajstić information content (AvgIpc) is 2.84. The topological polar surface area (TPSA) is 104 Å². The molecule has 7 nitrogen and oxygen atoms in total. The van der Waals surface area contributed by atoms with Crippen LogP contribution in [0, 0.1) is 0 Å². The third kappa shape index (κ3) is 3.13. The lowest BCUT2D eigenvalue weighted by Gasteiger charge is -2.47. The Kier molecular flexibility index (Phi) is 4.31. The second kappa shape index (κ2) is 6.06. The summed E-state index contributed by atoms with van der Waals surface area (Å²) in [5, 5.41) is 8.93. The predicted molar refractivity (Wildman–Crippen MR) is 81.1 cm³/mol. The van der Waals surface area contributed by atoms with Gasteiger partial charge in [-0.05, 0) is 18.1 Å². The van der Waals surface area contributed by atoms with Gasteiger partial charge in [0, 0.05) is 17.9 Å². The van der Waals surface area contributed by atoms with Crippen LogP contribution in [0.2, 0.25) is 0 Å². The van der Waals surface area contributed by atoms with Gasteiger partial charge >= 0.3 is 12.1 Å². The molecular formula is C14H14F3N3O4S. The lowest BCUT2D eigenvalue weighted by molar-refractivity contribution is -0.156. The number of nitrogens with zero attached hydrogens (tertiary/aromatic N) is 2. The summed E-state index contributed by atoms with van der Waals surface area (Å²) >= 11 is 1.26. The van der Waals surface area contributed by atoms with Gasteiger partial charge in [0.25, 0.3) is 0 Å². The first-order valence-corrected chi connectivity index (χ1v) is 8.38. The number of amides is 2. The van der Waals surface area contributed by atoms with Crippen molar-refractivity contribution in [3.05, 3.63) is 22.9 Å². The molecule has 3 aliphatic heterocycles. The van der Waals surface area contributed by atoms with E-state index in [2.05, 4.69) is 0 Å². The number of carbonyl (C=O) groups excluding carboxylic acids is 2. The van der Waals surface area contributed by atoms with Crippen molar-refractivity contribution in [3.63, 3.8) is 0 Å². The monoisotopic (exact) mass is 377 g/mol. The fourth-order valence-corrected chi connectivity index (χ4v) is 4.28. The summed E-state index contributed by atoms with van der Waals surface area (Å²) < 4.78 is 37.4. The van der Waals surface area contributed by atoms with Crippen LogP contribution in [-0.2, 0) is 14.4 Å². The van der Waals surface area contributed by atoms with Gasteiger partial charge in [0.2, 0.25) is 11.8 Å². The van der Waals surface area contributed by atoms with E-state index in [1.807, 2.05) is 0 Å². The van der Waals surface area contributed by atoms with Crippen LogP contribution in [-0.4, -0.2) is 69.1 Å². The minimum Gasteiger partial charge on any atom is -0.477 e. The number of carboxylic acid groups (broad SMARTS) is 1. The van der Waals surface area contributed by atoms with Gasteiger partial charge in [0.1, 0.15) is 23.7 Å². The van der Waals surface area contributed by atoms with Crippen molar-refractivity contribution in [1.82, 2.24) is 9.80 Å². The van der Waals surface area contributed by atoms with Crippen molar-refractivity contribution in [2.24, 2.45) is 5.73 Å². The molecule has 1 unspecified atom stereocenters. The van der Waals surface area contributed by atoms with Crippen LogP contribution in [0.3, 0.4) is 0 Å². The van der Waals surface area contributed by atoms with E-state index in [0.717, 1.165) is 4.90 Å². The van der Waals surface area contributed by atoms with E-state index in [1.165, 1.54) is 17.8 Å². The number of β-lactam (4-membered cyclic amide) rings is 1. The fourth-order valence-electron chi connectivity index (χ4n) is 3.03. The van der Waals surface area contributed by atoms with E-state index in [1.54, 1.807) is 0 Å². The highest BCUT2D eigenvalue weighted by molar-refractivity contribution is 8.00. The van der Waals surface area contributed by atoms with E-state index in [-0.39, 0.29) is 35.6 Å². The molecule has 0 aliphatic carbocycles. The first-order valence-electron chi connectivity index (χ1n) is 7.33. The Bertz CT molecular complexity index is 719. The Morgan fingerprint density at radius 1 is 1.40 bits per heavy atom. The van der Waals surface area contributed by atoms with Crippen molar-refractivity contribution in [2.75, 3.05) is 18.8 Å². The van der Waals surface area contributed by atoms with E-state index in [0.29, 0.717) is 4.90 Å². The molecule has 0 spiro atoms. The maximum atomic E-state index is 12.5. The Morgan fingerprint density at radius 2 is 2.08 bits per heavy atom. The number of aliphatic carboxylic acids is 1. The Labute approximate surface area is 144 Å². The van der Waals surface area contributed by atoms with E-state index < -0.39 is 41.9 Å². The minimum absolute atomic E-state index is 0.0802. The van der Waals surface area contributed by atoms with Crippen LogP contribution in [0.1, 0.15) is 6.42 Å². The number of fused-ring (bicyclic) bond motifs is 1. The van der Waals surface area contributed by atoms with Crippen molar-refractivity contribution < 1.29 is 32.7 Å². The van der Waals surface area contributed by atoms with Gasteiger partial charge in [-0.25, -0.2) is 4.79 Å². The SMILES string of the molecule is NC1C(=O)N2C(C(=O)O)=C(/C=C3\CCN(CC(F)(F)F)C3=O)CS[C@H]12. The number of hydrogen-bond donors (Lipinski definition) is 2. The molecule has 2 fully saturated rings. The number of alkyl halides is 3. The standard InChI is InChI=1S/C14H14F3N3O4S/c15-14(16,17)5-19-2-1-6(10(19)21)3-7-4-25-12-8(18)11(22)20(12)9(7)13(23)24/h3,8,12H,1-2,4-5,18H2,(H,23,24)/b6-3+/t8?,12-/m1/s1. The van der Waals surface area contributed by atoms with Gasteiger partial charge < -0.3 is 15.7 Å². The van der Waals surface area contributed by atoms with Crippen LogP contribution in [0.25, 0.3) is 0 Å². The zero-order valence-corrected chi connectivity index (χ0v) is 13.6. The number of allylic oxidation sites excluding steroid dienone is 1. The minimum atomic E-state index is -4.50. The van der Waals surface area contributed by atoms with Gasteiger partial charge in [-0.2, -0.15) is 13.2 Å². The Balaban J connectivity index is 1.88. The van der Waals surface area contributed by atoms with Crippen molar-refractivity contribution in [2.45, 2.75) is 24.0 Å². The molecule has 3 aliphatic rings. The largest absolute Gasteiger partial charge is 0.477 e. The quantitative estimate of drug-likeness (QED) is 0.541. The molecule has 2 amide bonds. The maximum absolute atomic E-state index is 12.5. The van der Waals surface area contributed by atoms with Crippen LogP contribution in [0.15, 0.2) is 22.9 Å². The molecule has 3 N–H and O–H groups in total. The van der Waals surface area contributed by atoms with Crippen LogP contribution in [0.4, 0.5) is 13.2 Å². The summed E-state index contributed by atoms with van der Waals surface area (Å²) in [6.45, 7) is -1.42. The average molecular weight is 377 g/mol. The number of likely N-dealkylation sites (tertiary alicyclic amines) is 1. The molecule has 0 aromatic carbocycles. The molecule has 0 radical (unpaired) electrons. The number of halogens is 3. The number of thioether (sulfide) groups is 1. The summed E-state index contributed by atoms with van der Waals surface area (Å²) in [6, 6.07) is -0.774. The van der Waals surface area contributed by atoms with Crippen LogP contribution >= 0.6 is 11.8 Å². The second-order valence-corrected chi connectivity index (χ2v) is 6.98. The molecule has 0 bridgehead atoms. The molecule has 0 aromatic heterocycles. The zero-order valence-electron chi connectivity index (χ0n) is 12.7. The van der Waals surface area contributed by atoms with Crippen molar-refractivity contribution in [3.8, 4) is 0 Å². The molecule has 3 heterocycles. The number of hydrogen-bond acceptors (Lipinski definition) is 5. The summed E-state index contributed by atoms with van der Waals surface area (Å²) in [7, 11) is 0. The zero-order chi connectivity index (χ0) is 18.5. The molecule has 136 valence electrons. The summed E-state index contributed by atoms with van der Waals surface area (Å²) in [4.78, 5) is 37.2. The smallest absolute Gasteiger partial charge is 0.406 e. The highest BCUT2D eigenvalue weighted by atomic mass is 32.2. The van der Waals surface area contributed by atoms with E-state index in [4.69, 9.17) is 5.73 Å². The first-order chi connectivity index (χ1) is 11.6. The predicted octanol–water partition coefficient (Wildman–Crippen LogP) is 0.288. The Hall–Kier alpha value is -2.01. The van der Waals surface area contributed by atoms with Gasteiger partial charge in [-0.3, -0.25) is 14.5 Å². The van der Waals surface area contributed by atoms with Crippen LogP contribution < -0.4 is 5.73 Å². The molecule has 3 rings (SSSR count). The van der Waals surface area contributed by atoms with Gasteiger partial charge in [0.15, 0.2) is 0 Å². The molecule has 25 heavy (non-hydrogen) atoms. The highest BCUT2D eigenvalue weighted by Crippen LogP contribution is 2.40. The van der Waals surface area contributed by atoms with Gasteiger partial charge in [-0.1, -0.05) is 0 Å². The number of carbonyl (C=O) groups is 3. The fraction of sp³-hybridized carbons (Fsp3) is 0.500. The third-order valence-electron chi connectivity index (χ3n) is 4.17. The maximum Gasteiger partial charge on any atom is 0.406 e. The van der Waals surface area contributed by atoms with Gasteiger partial charge in [0.05, 0.1) is 0 Å². The normalized spacial score (nSPS) is 28.6. The molecule has 2 atom stereocenters. The second-order valence-electron chi connectivity index (χ2n) is 5.88. The number of nitrogens with two attached hydrogens (primary N) is 1. The molecule has 0 aromatic rings. The summed E-state index contributed by atoms with van der Waals surface area (Å²) in [6.07, 6.45) is -3.11. The van der Waals surface area contributed by atoms with E-state index >= 15 is 0 Å². The summed E-state index contributed by atoms with van der Waals surface area (Å²) in [5.41, 5.74) is 5.71. The lowest BCUT2D eigenvalue weighted by atomic mass is 10.0. The lowest BCUT2D eigenvalue weighted by Crippen LogP contribution is -2.68. The third-order valence-corrected chi connectivity index (χ3v) is 5.50. The highest BCUT2D eigenvalue weighted by Gasteiger charge is 2.51. The molecular weight excluding hydrogens is 363 g/mol. The van der Waals surface area contributed by atoms with E-state index in [9.17, 15) is 32.7 Å². The number of rotatable bonds is 3. The van der Waals surface area contributed by atoms with Gasteiger partial charge in [-0.15, -0.1) is 11.8 Å².